The Kier molecular flexibility index (Phi) is 3.28. The zero-order chi connectivity index (χ0) is 14.0. The van der Waals surface area contributed by atoms with E-state index < -0.39 is 11.9 Å². The Hall–Kier alpha value is -2.70. The highest BCUT2D eigenvalue weighted by molar-refractivity contribution is 6.42. The second-order valence-corrected chi connectivity index (χ2v) is 3.77. The van der Waals surface area contributed by atoms with Gasteiger partial charge in [0.1, 0.15) is 0 Å². The van der Waals surface area contributed by atoms with Crippen molar-refractivity contribution >= 4 is 29.2 Å². The summed E-state index contributed by atoms with van der Waals surface area (Å²) < 4.78 is 4.49. The molecule has 0 fully saturated rings. The molecule has 1 aromatic rings. The maximum absolute atomic E-state index is 11.7. The van der Waals surface area contributed by atoms with Gasteiger partial charge in [0.2, 0.25) is 0 Å². The van der Waals surface area contributed by atoms with Crippen LogP contribution in [0.15, 0.2) is 29.4 Å². The van der Waals surface area contributed by atoms with Crippen LogP contribution in [0, 0.1) is 0 Å². The number of hydrogen-bond donors (Lipinski definition) is 1. The Morgan fingerprint density at radius 3 is 2.47 bits per heavy atom. The molecule has 1 heterocycles. The number of aromatic carboxylic acids is 1. The van der Waals surface area contributed by atoms with Crippen molar-refractivity contribution in [1.29, 1.82) is 0 Å². The van der Waals surface area contributed by atoms with Gasteiger partial charge in [-0.05, 0) is 24.3 Å². The molecule has 98 valence electrons. The molecule has 19 heavy (non-hydrogen) atoms. The van der Waals surface area contributed by atoms with Crippen molar-refractivity contribution in [1.82, 2.24) is 0 Å². The summed E-state index contributed by atoms with van der Waals surface area (Å²) in [6, 6.07) is 5.61. The van der Waals surface area contributed by atoms with Crippen LogP contribution in [0.3, 0.4) is 0 Å². The number of carboxylic acid groups (broad SMARTS) is 1. The van der Waals surface area contributed by atoms with Crippen molar-refractivity contribution < 1.29 is 24.2 Å². The lowest BCUT2D eigenvalue weighted by molar-refractivity contribution is -0.133. The van der Waals surface area contributed by atoms with Gasteiger partial charge in [0.25, 0.3) is 5.91 Å². The summed E-state index contributed by atoms with van der Waals surface area (Å²) in [6.07, 6.45) is -0.132. The van der Waals surface area contributed by atoms with Gasteiger partial charge in [0, 0.05) is 0 Å². The third kappa shape index (κ3) is 2.44. The molecule has 1 aliphatic rings. The number of anilines is 1. The summed E-state index contributed by atoms with van der Waals surface area (Å²) in [5.74, 6) is -2.08. The molecule has 0 aliphatic carbocycles. The van der Waals surface area contributed by atoms with Crippen LogP contribution in [0.1, 0.15) is 16.8 Å². The van der Waals surface area contributed by atoms with Crippen LogP contribution in [0.2, 0.25) is 0 Å². The number of esters is 1. The highest BCUT2D eigenvalue weighted by Crippen LogP contribution is 2.21. The number of nitrogens with zero attached hydrogens (tertiary/aromatic N) is 2. The zero-order valence-corrected chi connectivity index (χ0v) is 9.99. The van der Waals surface area contributed by atoms with E-state index in [2.05, 4.69) is 9.84 Å². The smallest absolute Gasteiger partial charge is 0.354 e. The molecule has 0 bridgehead atoms. The van der Waals surface area contributed by atoms with E-state index in [9.17, 15) is 14.4 Å². The van der Waals surface area contributed by atoms with Crippen molar-refractivity contribution in [3.8, 4) is 0 Å². The van der Waals surface area contributed by atoms with Crippen LogP contribution in [0.4, 0.5) is 5.69 Å². The summed E-state index contributed by atoms with van der Waals surface area (Å²) in [5, 5.41) is 13.7. The summed E-state index contributed by atoms with van der Waals surface area (Å²) >= 11 is 0. The van der Waals surface area contributed by atoms with Gasteiger partial charge >= 0.3 is 11.9 Å². The number of methoxy groups -OCH3 is 1. The fourth-order valence-corrected chi connectivity index (χ4v) is 1.61. The predicted octanol–water partition coefficient (Wildman–Crippen LogP) is 0.650. The number of hydrazone groups is 1. The molecule has 0 saturated heterocycles. The van der Waals surface area contributed by atoms with Gasteiger partial charge < -0.3 is 9.84 Å². The number of carboxylic acids is 1. The topological polar surface area (TPSA) is 96.3 Å². The van der Waals surface area contributed by atoms with Crippen molar-refractivity contribution in [2.45, 2.75) is 6.42 Å². The highest BCUT2D eigenvalue weighted by Gasteiger charge is 2.29. The van der Waals surface area contributed by atoms with E-state index >= 15 is 0 Å². The summed E-state index contributed by atoms with van der Waals surface area (Å²) in [5.41, 5.74) is 0.524. The molecule has 0 aromatic heterocycles. The average molecular weight is 262 g/mol. The molecule has 7 nitrogen and oxygen atoms in total. The van der Waals surface area contributed by atoms with Crippen molar-refractivity contribution in [2.24, 2.45) is 5.10 Å². The number of ether oxygens (including phenoxy) is 1. The minimum Gasteiger partial charge on any atom is -0.478 e. The van der Waals surface area contributed by atoms with Crippen LogP contribution in [0.25, 0.3) is 0 Å². The van der Waals surface area contributed by atoms with E-state index in [4.69, 9.17) is 5.11 Å². The molecule has 0 saturated carbocycles. The molecular formula is C12H10N2O5. The lowest BCUT2D eigenvalue weighted by atomic mass is 10.2. The van der Waals surface area contributed by atoms with Gasteiger partial charge in [-0.15, -0.1) is 0 Å². The second kappa shape index (κ2) is 4.89. The fourth-order valence-electron chi connectivity index (χ4n) is 1.61. The predicted molar refractivity (Wildman–Crippen MR) is 65.0 cm³/mol. The first-order valence-electron chi connectivity index (χ1n) is 5.35. The highest BCUT2D eigenvalue weighted by atomic mass is 16.5. The van der Waals surface area contributed by atoms with E-state index in [0.29, 0.717) is 5.69 Å². The van der Waals surface area contributed by atoms with E-state index in [-0.39, 0.29) is 23.6 Å². The molecule has 1 aliphatic heterocycles. The van der Waals surface area contributed by atoms with Crippen molar-refractivity contribution in [2.75, 3.05) is 12.1 Å². The minimum absolute atomic E-state index is 0.0230. The molecule has 2 rings (SSSR count). The van der Waals surface area contributed by atoms with Gasteiger partial charge in [-0.2, -0.15) is 10.1 Å². The Bertz CT molecular complexity index is 576. The molecule has 0 atom stereocenters. The van der Waals surface area contributed by atoms with Crippen LogP contribution >= 0.6 is 0 Å². The van der Waals surface area contributed by atoms with Crippen molar-refractivity contribution in [3.05, 3.63) is 29.8 Å². The lowest BCUT2D eigenvalue weighted by Crippen LogP contribution is -2.19. The zero-order valence-electron chi connectivity index (χ0n) is 9.99. The molecular weight excluding hydrogens is 252 g/mol. The van der Waals surface area contributed by atoms with E-state index in [1.54, 1.807) is 0 Å². The van der Waals surface area contributed by atoms with E-state index in [1.807, 2.05) is 0 Å². The molecule has 0 spiro atoms. The first-order chi connectivity index (χ1) is 9.02. The summed E-state index contributed by atoms with van der Waals surface area (Å²) in [4.78, 5) is 33.7. The van der Waals surface area contributed by atoms with E-state index in [0.717, 1.165) is 5.01 Å². The Morgan fingerprint density at radius 2 is 1.95 bits per heavy atom. The second-order valence-electron chi connectivity index (χ2n) is 3.77. The molecule has 1 N–H and O–H groups in total. The van der Waals surface area contributed by atoms with Gasteiger partial charge in [0.15, 0.2) is 5.71 Å². The number of carbonyl (C=O) groups is 3. The minimum atomic E-state index is -1.06. The lowest BCUT2D eigenvalue weighted by Gasteiger charge is -2.11. The Morgan fingerprint density at radius 1 is 1.32 bits per heavy atom. The molecule has 7 heteroatoms. The SMILES string of the molecule is COC(=O)C1=NN(c2ccc(C(=O)O)cc2)C(=O)C1. The van der Waals surface area contributed by atoms with Gasteiger partial charge in [0.05, 0.1) is 24.8 Å². The molecule has 0 unspecified atom stereocenters. The van der Waals surface area contributed by atoms with Crippen LogP contribution in [-0.4, -0.2) is 35.8 Å². The number of carbonyl (C=O) groups excluding carboxylic acids is 2. The first-order valence-corrected chi connectivity index (χ1v) is 5.35. The van der Waals surface area contributed by atoms with Gasteiger partial charge in [-0.25, -0.2) is 9.59 Å². The fraction of sp³-hybridized carbons (Fsp3) is 0.167. The van der Waals surface area contributed by atoms with Crippen LogP contribution in [0.5, 0.6) is 0 Å². The third-order valence-corrected chi connectivity index (χ3v) is 2.56. The third-order valence-electron chi connectivity index (χ3n) is 2.56. The molecule has 0 radical (unpaired) electrons. The van der Waals surface area contributed by atoms with Gasteiger partial charge in [-0.3, -0.25) is 4.79 Å². The molecule has 1 aromatic carbocycles. The summed E-state index contributed by atoms with van der Waals surface area (Å²) in [6.45, 7) is 0. The standard InChI is InChI=1S/C12H10N2O5/c1-19-12(18)9-6-10(15)14(13-9)8-4-2-7(3-5-8)11(16)17/h2-5H,6H2,1H3,(H,16,17). The molecule has 1 amide bonds. The normalized spacial score (nSPS) is 14.3. The monoisotopic (exact) mass is 262 g/mol. The van der Waals surface area contributed by atoms with Crippen LogP contribution in [-0.2, 0) is 14.3 Å². The number of rotatable bonds is 3. The largest absolute Gasteiger partial charge is 0.478 e. The Balaban J connectivity index is 2.26. The maximum atomic E-state index is 11.7. The van der Waals surface area contributed by atoms with Gasteiger partial charge in [-0.1, -0.05) is 0 Å². The quantitative estimate of drug-likeness (QED) is 0.807. The average Bonchev–Trinajstić information content (AvgIpc) is 2.80. The maximum Gasteiger partial charge on any atom is 0.354 e. The first kappa shape index (κ1) is 12.7. The number of benzene rings is 1. The number of amides is 1. The number of hydrogen-bond acceptors (Lipinski definition) is 5. The van der Waals surface area contributed by atoms with Crippen molar-refractivity contribution in [3.63, 3.8) is 0 Å². The van der Waals surface area contributed by atoms with Crippen LogP contribution < -0.4 is 5.01 Å². The Labute approximate surface area is 108 Å². The van der Waals surface area contributed by atoms with E-state index in [1.165, 1.54) is 31.4 Å². The summed E-state index contributed by atoms with van der Waals surface area (Å²) in [7, 11) is 1.21.